The number of carboxylic acid groups (broad SMARTS) is 1. The van der Waals surface area contributed by atoms with Crippen molar-refractivity contribution in [2.45, 2.75) is 12.7 Å². The maximum atomic E-state index is 11.9. The van der Waals surface area contributed by atoms with E-state index in [0.29, 0.717) is 0 Å². The molecule has 54 valence electrons. The number of hydrogen-bond donors (Lipinski definition) is 1. The summed E-state index contributed by atoms with van der Waals surface area (Å²) in [5, 5.41) is 5.71. The van der Waals surface area contributed by atoms with E-state index in [0.717, 1.165) is 0 Å². The fourth-order valence-electron chi connectivity index (χ4n) is 0.0723. The fourth-order valence-corrected chi connectivity index (χ4v) is 0.0723. The second-order valence-corrected chi connectivity index (χ2v) is 1.49. The van der Waals surface area contributed by atoms with Crippen LogP contribution in [0.5, 0.6) is 0 Å². The number of alkyl halides is 1. The van der Waals surface area contributed by atoms with Gasteiger partial charge in [-0.15, -0.1) is 0 Å². The highest BCUT2D eigenvalue weighted by Crippen LogP contribution is 2.17. The monoisotopic (exact) mass is 143 g/mol. The van der Waals surface area contributed by atoms with Crippen molar-refractivity contribution in [1.29, 1.82) is 0 Å². The first-order valence-corrected chi connectivity index (χ1v) is 1.93. The number of nitrogens with zero attached hydrogens (tertiary/aromatic N) is 1. The molecule has 0 bridgehead atoms. The van der Waals surface area contributed by atoms with E-state index in [1.165, 1.54) is 0 Å². The summed E-state index contributed by atoms with van der Waals surface area (Å²) in [7, 11) is 0. The van der Waals surface area contributed by atoms with Crippen LogP contribution in [0.2, 0.25) is 0 Å². The minimum atomic E-state index is -3.58. The molecule has 0 aromatic rings. The molecule has 0 aliphatic carbocycles. The van der Waals surface area contributed by atoms with Crippen molar-refractivity contribution >= 4 is 5.97 Å². The highest BCUT2D eigenvalue weighted by Gasteiger charge is 2.42. The molecule has 0 saturated heterocycles. The van der Waals surface area contributed by atoms with Crippen LogP contribution < -0.4 is 0 Å². The largest absolute Gasteiger partial charge is 0.478 e. The standard InChI is InChI=1S/C3H4F3NO2/c1-3(4,2(8)9)7(5)6/h1H3,(H,8,9). The molecular weight excluding hydrogens is 139 g/mol. The maximum Gasteiger partial charge on any atom is 0.362 e. The summed E-state index contributed by atoms with van der Waals surface area (Å²) in [5.41, 5.74) is 0. The highest BCUT2D eigenvalue weighted by atomic mass is 19.4. The molecule has 0 aromatic carbocycles. The Morgan fingerprint density at radius 3 is 2.00 bits per heavy atom. The van der Waals surface area contributed by atoms with Gasteiger partial charge in [-0.25, -0.2) is 9.18 Å². The molecule has 0 rings (SSSR count). The van der Waals surface area contributed by atoms with Gasteiger partial charge in [0.15, 0.2) is 0 Å². The van der Waals surface area contributed by atoms with Crippen molar-refractivity contribution in [2.24, 2.45) is 0 Å². The third-order valence-corrected chi connectivity index (χ3v) is 0.708. The molecule has 6 heteroatoms. The van der Waals surface area contributed by atoms with Crippen molar-refractivity contribution in [1.82, 2.24) is 5.34 Å². The Labute approximate surface area is 48.6 Å². The van der Waals surface area contributed by atoms with Gasteiger partial charge in [0, 0.05) is 0 Å². The summed E-state index contributed by atoms with van der Waals surface area (Å²) in [6.07, 6.45) is 0. The number of halogens is 3. The molecule has 0 saturated carbocycles. The van der Waals surface area contributed by atoms with Gasteiger partial charge in [-0.2, -0.15) is 0 Å². The van der Waals surface area contributed by atoms with E-state index in [4.69, 9.17) is 5.11 Å². The van der Waals surface area contributed by atoms with Crippen LogP contribution in [0.3, 0.4) is 0 Å². The maximum absolute atomic E-state index is 11.9. The smallest absolute Gasteiger partial charge is 0.362 e. The van der Waals surface area contributed by atoms with Crippen molar-refractivity contribution in [2.75, 3.05) is 0 Å². The lowest BCUT2D eigenvalue weighted by Gasteiger charge is -2.12. The zero-order chi connectivity index (χ0) is 7.65. The number of aliphatic carboxylic acids is 1. The van der Waals surface area contributed by atoms with Crippen molar-refractivity contribution < 1.29 is 23.3 Å². The zero-order valence-corrected chi connectivity index (χ0v) is 4.44. The Hall–Kier alpha value is -0.780. The average molecular weight is 143 g/mol. The van der Waals surface area contributed by atoms with Crippen LogP contribution in [0.25, 0.3) is 0 Å². The van der Waals surface area contributed by atoms with Gasteiger partial charge < -0.3 is 5.11 Å². The predicted octanol–water partition coefficient (Wildman–Crippen LogP) is 0.828. The molecule has 0 spiro atoms. The van der Waals surface area contributed by atoms with Crippen LogP contribution in [-0.4, -0.2) is 22.2 Å². The van der Waals surface area contributed by atoms with Gasteiger partial charge in [-0.3, -0.25) is 0 Å². The van der Waals surface area contributed by atoms with Crippen LogP contribution in [0.1, 0.15) is 6.92 Å². The first kappa shape index (κ1) is 8.22. The predicted molar refractivity (Wildman–Crippen MR) is 21.2 cm³/mol. The van der Waals surface area contributed by atoms with Gasteiger partial charge in [-0.05, 0) is 6.92 Å². The minimum Gasteiger partial charge on any atom is -0.478 e. The molecule has 0 fully saturated rings. The molecule has 0 aliphatic rings. The average Bonchev–Trinajstić information content (AvgIpc) is 1.65. The third-order valence-electron chi connectivity index (χ3n) is 0.708. The van der Waals surface area contributed by atoms with Crippen LogP contribution in [0.4, 0.5) is 13.4 Å². The number of hydrogen-bond acceptors (Lipinski definition) is 2. The summed E-state index contributed by atoms with van der Waals surface area (Å²) >= 11 is 0. The molecule has 0 aliphatic heterocycles. The lowest BCUT2D eigenvalue weighted by Crippen LogP contribution is -2.39. The second-order valence-electron chi connectivity index (χ2n) is 1.49. The molecule has 0 aromatic heterocycles. The highest BCUT2D eigenvalue weighted by molar-refractivity contribution is 5.75. The van der Waals surface area contributed by atoms with Gasteiger partial charge >= 0.3 is 11.8 Å². The molecule has 0 amide bonds. The van der Waals surface area contributed by atoms with Gasteiger partial charge in [-0.1, -0.05) is 8.96 Å². The molecule has 0 radical (unpaired) electrons. The lowest BCUT2D eigenvalue weighted by molar-refractivity contribution is -0.269. The Morgan fingerprint density at radius 1 is 1.67 bits per heavy atom. The number of rotatable bonds is 2. The summed E-state index contributed by atoms with van der Waals surface area (Å²) in [5.74, 6) is -5.80. The van der Waals surface area contributed by atoms with E-state index in [2.05, 4.69) is 0 Å². The van der Waals surface area contributed by atoms with E-state index in [1.54, 1.807) is 0 Å². The first-order chi connectivity index (χ1) is 3.89. The van der Waals surface area contributed by atoms with Gasteiger partial charge in [0.1, 0.15) is 0 Å². The van der Waals surface area contributed by atoms with Gasteiger partial charge in [0.2, 0.25) is 0 Å². The molecule has 9 heavy (non-hydrogen) atoms. The third kappa shape index (κ3) is 1.56. The Bertz CT molecular complexity index is 124. The van der Waals surface area contributed by atoms with Gasteiger partial charge in [0.05, 0.1) is 5.34 Å². The Kier molecular flexibility index (Phi) is 2.03. The summed E-state index contributed by atoms with van der Waals surface area (Å²) in [6.45, 7) is 0.245. The van der Waals surface area contributed by atoms with E-state index in [-0.39, 0.29) is 6.92 Å². The summed E-state index contributed by atoms with van der Waals surface area (Å²) in [4.78, 5) is 9.57. The van der Waals surface area contributed by atoms with Gasteiger partial charge in [0.25, 0.3) is 0 Å². The second kappa shape index (κ2) is 2.22. The van der Waals surface area contributed by atoms with E-state index >= 15 is 0 Å². The van der Waals surface area contributed by atoms with E-state index in [1.807, 2.05) is 0 Å². The first-order valence-electron chi connectivity index (χ1n) is 1.93. The van der Waals surface area contributed by atoms with Crippen LogP contribution in [0.15, 0.2) is 0 Å². The van der Waals surface area contributed by atoms with Crippen LogP contribution in [0, 0.1) is 0 Å². The number of carbonyl (C=O) groups is 1. The van der Waals surface area contributed by atoms with Crippen LogP contribution >= 0.6 is 0 Å². The van der Waals surface area contributed by atoms with Crippen LogP contribution in [-0.2, 0) is 4.79 Å². The number of carboxylic acids is 1. The summed E-state index contributed by atoms with van der Waals surface area (Å²) in [6, 6.07) is 0. The quantitative estimate of drug-likeness (QED) is 0.459. The normalized spacial score (nSPS) is 17.4. The molecule has 1 atom stereocenters. The molecular formula is C3H4F3NO2. The lowest BCUT2D eigenvalue weighted by atomic mass is 10.3. The topological polar surface area (TPSA) is 40.5 Å². The van der Waals surface area contributed by atoms with Crippen molar-refractivity contribution in [3.8, 4) is 0 Å². The Balaban J connectivity index is 4.19. The fraction of sp³-hybridized carbons (Fsp3) is 0.667. The molecule has 1 N–H and O–H groups in total. The summed E-state index contributed by atoms with van der Waals surface area (Å²) < 4.78 is 34.2. The van der Waals surface area contributed by atoms with E-state index in [9.17, 15) is 18.1 Å². The van der Waals surface area contributed by atoms with Crippen molar-refractivity contribution in [3.05, 3.63) is 0 Å². The molecule has 1 unspecified atom stereocenters. The SMILES string of the molecule is CC(F)(C(=O)O)N(F)F. The zero-order valence-electron chi connectivity index (χ0n) is 4.44. The molecule has 0 heterocycles. The Morgan fingerprint density at radius 2 is 2.00 bits per heavy atom. The van der Waals surface area contributed by atoms with Crippen molar-refractivity contribution in [3.63, 3.8) is 0 Å². The minimum absolute atomic E-state index is 0.245. The molecule has 3 nitrogen and oxygen atoms in total. The van der Waals surface area contributed by atoms with E-state index < -0.39 is 17.1 Å².